The number of nitrogens with one attached hydrogen (secondary N) is 3. The average molecular weight is 556 g/mol. The van der Waals surface area contributed by atoms with Gasteiger partial charge in [-0.15, -0.1) is 24.0 Å². The zero-order valence-corrected chi connectivity index (χ0v) is 21.1. The van der Waals surface area contributed by atoms with E-state index in [4.69, 9.17) is 4.42 Å². The van der Waals surface area contributed by atoms with Gasteiger partial charge < -0.3 is 15.1 Å². The van der Waals surface area contributed by atoms with Crippen molar-refractivity contribution in [2.24, 2.45) is 4.99 Å². The monoisotopic (exact) mass is 556 g/mol. The van der Waals surface area contributed by atoms with Crippen molar-refractivity contribution < 1.29 is 12.8 Å². The number of halogens is 1. The van der Waals surface area contributed by atoms with Crippen LogP contribution in [0, 0.1) is 6.92 Å². The highest BCUT2D eigenvalue weighted by Crippen LogP contribution is 2.24. The molecule has 1 aromatic heterocycles. The molecule has 7 nitrogen and oxygen atoms in total. The SMILES string of the molecule is CCNC(=NCc1cccc(CS(=O)(=O)NC)c1)NCc1oc2ccccc2c1C.I. The van der Waals surface area contributed by atoms with Crippen LogP contribution in [-0.2, 0) is 28.9 Å². The third-order valence-electron chi connectivity index (χ3n) is 4.78. The maximum absolute atomic E-state index is 11.8. The fourth-order valence-electron chi connectivity index (χ4n) is 3.18. The molecule has 9 heteroatoms. The third-order valence-corrected chi connectivity index (χ3v) is 6.12. The molecule has 0 radical (unpaired) electrons. The number of furan rings is 1. The molecule has 3 rings (SSSR count). The molecule has 0 saturated heterocycles. The van der Waals surface area contributed by atoms with Gasteiger partial charge in [0.15, 0.2) is 5.96 Å². The van der Waals surface area contributed by atoms with Gasteiger partial charge in [-0.2, -0.15) is 0 Å². The zero-order valence-electron chi connectivity index (χ0n) is 17.9. The van der Waals surface area contributed by atoms with E-state index in [0.717, 1.165) is 40.0 Å². The first-order chi connectivity index (χ1) is 14.4. The Hall–Kier alpha value is -2.11. The van der Waals surface area contributed by atoms with Gasteiger partial charge >= 0.3 is 0 Å². The topological polar surface area (TPSA) is 95.7 Å². The number of para-hydroxylation sites is 1. The standard InChI is InChI=1S/C22H28N4O3S.HI/c1-4-24-22(26-14-21-16(2)19-10-5-6-11-20(19)29-21)25-13-17-8-7-9-18(12-17)15-30(27,28)23-3;/h5-12,23H,4,13-15H2,1-3H3,(H2,24,25,26);1H. The van der Waals surface area contributed by atoms with Crippen LogP contribution in [0.4, 0.5) is 0 Å². The molecule has 0 aliphatic carbocycles. The Morgan fingerprint density at radius 3 is 2.52 bits per heavy atom. The molecular formula is C22H29IN4O3S. The molecular weight excluding hydrogens is 527 g/mol. The first kappa shape index (κ1) is 25.2. The Kier molecular flexibility index (Phi) is 9.32. The summed E-state index contributed by atoms with van der Waals surface area (Å²) in [5, 5.41) is 7.66. The minimum Gasteiger partial charge on any atom is -0.459 e. The lowest BCUT2D eigenvalue weighted by atomic mass is 10.1. The average Bonchev–Trinajstić information content (AvgIpc) is 3.06. The van der Waals surface area contributed by atoms with Crippen molar-refractivity contribution >= 4 is 50.9 Å². The summed E-state index contributed by atoms with van der Waals surface area (Å²) >= 11 is 0. The van der Waals surface area contributed by atoms with E-state index in [9.17, 15) is 8.42 Å². The minimum absolute atomic E-state index is 0. The molecule has 0 atom stereocenters. The van der Waals surface area contributed by atoms with Crippen LogP contribution in [0.15, 0.2) is 57.9 Å². The Bertz CT molecular complexity index is 1140. The van der Waals surface area contributed by atoms with E-state index >= 15 is 0 Å². The van der Waals surface area contributed by atoms with Gasteiger partial charge in [0.2, 0.25) is 10.0 Å². The molecule has 1 heterocycles. The summed E-state index contributed by atoms with van der Waals surface area (Å²) in [5.41, 5.74) is 3.67. The van der Waals surface area contributed by atoms with E-state index in [1.165, 1.54) is 7.05 Å². The van der Waals surface area contributed by atoms with Gasteiger partial charge in [0.05, 0.1) is 18.8 Å². The number of aliphatic imine (C=N–C) groups is 1. The van der Waals surface area contributed by atoms with E-state index < -0.39 is 10.0 Å². The number of guanidine groups is 1. The Morgan fingerprint density at radius 2 is 1.81 bits per heavy atom. The molecule has 3 N–H and O–H groups in total. The number of rotatable bonds is 8. The van der Waals surface area contributed by atoms with Crippen LogP contribution in [0.25, 0.3) is 11.0 Å². The van der Waals surface area contributed by atoms with E-state index in [-0.39, 0.29) is 29.7 Å². The van der Waals surface area contributed by atoms with Crippen molar-refractivity contribution in [3.63, 3.8) is 0 Å². The van der Waals surface area contributed by atoms with E-state index in [1.54, 1.807) is 6.07 Å². The second kappa shape index (κ2) is 11.5. The van der Waals surface area contributed by atoms with Crippen LogP contribution in [0.2, 0.25) is 0 Å². The van der Waals surface area contributed by atoms with Crippen LogP contribution in [0.1, 0.15) is 29.4 Å². The fraction of sp³-hybridized carbons (Fsp3) is 0.318. The van der Waals surface area contributed by atoms with Crippen molar-refractivity contribution in [1.82, 2.24) is 15.4 Å². The highest BCUT2D eigenvalue weighted by Gasteiger charge is 2.11. The number of sulfonamides is 1. The Balaban J connectivity index is 0.00000341. The third kappa shape index (κ3) is 6.94. The summed E-state index contributed by atoms with van der Waals surface area (Å²) in [5.74, 6) is 1.50. The number of nitrogens with zero attached hydrogens (tertiary/aromatic N) is 1. The molecule has 0 amide bonds. The molecule has 31 heavy (non-hydrogen) atoms. The van der Waals surface area contributed by atoms with Crippen LogP contribution >= 0.6 is 24.0 Å². The molecule has 0 spiro atoms. The molecule has 0 aliphatic heterocycles. The fourth-order valence-corrected chi connectivity index (χ4v) is 3.94. The van der Waals surface area contributed by atoms with Crippen LogP contribution < -0.4 is 15.4 Å². The lowest BCUT2D eigenvalue weighted by Gasteiger charge is -2.11. The number of benzene rings is 2. The zero-order chi connectivity index (χ0) is 21.6. The smallest absolute Gasteiger partial charge is 0.215 e. The summed E-state index contributed by atoms with van der Waals surface area (Å²) in [6.45, 7) is 5.74. The molecule has 2 aromatic carbocycles. The van der Waals surface area contributed by atoms with Gasteiger partial charge in [-0.25, -0.2) is 18.1 Å². The predicted octanol–water partition coefficient (Wildman–Crippen LogP) is 3.66. The summed E-state index contributed by atoms with van der Waals surface area (Å²) in [7, 11) is -1.89. The molecule has 0 unspecified atom stereocenters. The van der Waals surface area contributed by atoms with Gasteiger partial charge in [0, 0.05) is 17.5 Å². The van der Waals surface area contributed by atoms with E-state index in [1.807, 2.05) is 43.3 Å². The second-order valence-electron chi connectivity index (χ2n) is 6.98. The van der Waals surface area contributed by atoms with Gasteiger partial charge in [-0.1, -0.05) is 42.5 Å². The Labute approximate surface area is 200 Å². The molecule has 168 valence electrons. The van der Waals surface area contributed by atoms with Crippen LogP contribution in [0.5, 0.6) is 0 Å². The molecule has 0 saturated carbocycles. The van der Waals surface area contributed by atoms with E-state index in [2.05, 4.69) is 33.3 Å². The second-order valence-corrected chi connectivity index (χ2v) is 8.90. The maximum atomic E-state index is 11.8. The highest BCUT2D eigenvalue weighted by atomic mass is 127. The van der Waals surface area contributed by atoms with Crippen molar-refractivity contribution in [2.75, 3.05) is 13.6 Å². The lowest BCUT2D eigenvalue weighted by Crippen LogP contribution is -2.36. The van der Waals surface area contributed by atoms with Crippen molar-refractivity contribution in [3.8, 4) is 0 Å². The molecule has 0 fully saturated rings. The van der Waals surface area contributed by atoms with Gasteiger partial charge in [0.1, 0.15) is 11.3 Å². The van der Waals surface area contributed by atoms with Crippen LogP contribution in [0.3, 0.4) is 0 Å². The van der Waals surface area contributed by atoms with Crippen molar-refractivity contribution in [1.29, 1.82) is 0 Å². The molecule has 3 aromatic rings. The van der Waals surface area contributed by atoms with Crippen molar-refractivity contribution in [3.05, 3.63) is 71.0 Å². The normalized spacial score (nSPS) is 11.9. The first-order valence-electron chi connectivity index (χ1n) is 9.90. The number of fused-ring (bicyclic) bond motifs is 1. The van der Waals surface area contributed by atoms with Crippen molar-refractivity contribution in [2.45, 2.75) is 32.7 Å². The largest absolute Gasteiger partial charge is 0.459 e. The van der Waals surface area contributed by atoms with Gasteiger partial charge in [0.25, 0.3) is 0 Å². The van der Waals surface area contributed by atoms with E-state index in [0.29, 0.717) is 19.0 Å². The highest BCUT2D eigenvalue weighted by molar-refractivity contribution is 14.0. The number of aryl methyl sites for hydroxylation is 1. The summed E-state index contributed by atoms with van der Waals surface area (Å²) < 4.78 is 31.8. The van der Waals surface area contributed by atoms with Crippen LogP contribution in [-0.4, -0.2) is 28.0 Å². The molecule has 0 bridgehead atoms. The Morgan fingerprint density at radius 1 is 1.06 bits per heavy atom. The quantitative estimate of drug-likeness (QED) is 0.224. The minimum atomic E-state index is -3.30. The number of hydrogen-bond donors (Lipinski definition) is 3. The number of hydrogen-bond acceptors (Lipinski definition) is 4. The lowest BCUT2D eigenvalue weighted by molar-refractivity contribution is 0.534. The summed E-state index contributed by atoms with van der Waals surface area (Å²) in [4.78, 5) is 4.63. The first-order valence-corrected chi connectivity index (χ1v) is 11.6. The van der Waals surface area contributed by atoms with Gasteiger partial charge in [-0.05, 0) is 38.1 Å². The molecule has 0 aliphatic rings. The maximum Gasteiger partial charge on any atom is 0.215 e. The predicted molar refractivity (Wildman–Crippen MR) is 136 cm³/mol. The summed E-state index contributed by atoms with van der Waals surface area (Å²) in [6, 6.07) is 15.4. The van der Waals surface area contributed by atoms with Gasteiger partial charge in [-0.3, -0.25) is 0 Å². The summed E-state index contributed by atoms with van der Waals surface area (Å²) in [6.07, 6.45) is 0.